The summed E-state index contributed by atoms with van der Waals surface area (Å²) in [5, 5.41) is 0. The van der Waals surface area contributed by atoms with Crippen molar-refractivity contribution in [2.75, 3.05) is 6.66 Å². The summed E-state index contributed by atoms with van der Waals surface area (Å²) in [6, 6.07) is 5.70. The van der Waals surface area contributed by atoms with Crippen molar-refractivity contribution in [1.29, 1.82) is 0 Å². The van der Waals surface area contributed by atoms with Crippen molar-refractivity contribution in [3.05, 3.63) is 35.6 Å². The molecule has 1 N–H and O–H groups in total. The van der Waals surface area contributed by atoms with Crippen molar-refractivity contribution in [1.82, 2.24) is 0 Å². The van der Waals surface area contributed by atoms with Gasteiger partial charge in [-0.2, -0.15) is 0 Å². The molecule has 3 nitrogen and oxygen atoms in total. The molecular formula is C8H10FO3P. The Morgan fingerprint density at radius 2 is 2.31 bits per heavy atom. The van der Waals surface area contributed by atoms with E-state index in [1.165, 1.54) is 18.2 Å². The predicted octanol–water partition coefficient (Wildman–Crippen LogP) is 2.16. The number of hydrogen-bond acceptors (Lipinski definition) is 2. The van der Waals surface area contributed by atoms with Crippen LogP contribution in [-0.2, 0) is 15.7 Å². The lowest BCUT2D eigenvalue weighted by molar-refractivity contribution is 0.255. The average Bonchev–Trinajstić information content (AvgIpc) is 2.00. The van der Waals surface area contributed by atoms with Crippen LogP contribution in [0.3, 0.4) is 0 Å². The Morgan fingerprint density at radius 3 is 2.85 bits per heavy atom. The molecular weight excluding hydrogens is 194 g/mol. The van der Waals surface area contributed by atoms with Gasteiger partial charge in [-0.15, -0.1) is 0 Å². The van der Waals surface area contributed by atoms with E-state index in [-0.39, 0.29) is 12.4 Å². The SMILES string of the molecule is CP(=O)(O)OCc1cccc(F)c1. The molecule has 0 amide bonds. The second-order valence-electron chi connectivity index (χ2n) is 2.71. The molecule has 0 aliphatic heterocycles. The van der Waals surface area contributed by atoms with Crippen LogP contribution in [-0.4, -0.2) is 11.6 Å². The highest BCUT2D eigenvalue weighted by Crippen LogP contribution is 2.37. The third-order valence-corrected chi connectivity index (χ3v) is 1.97. The van der Waals surface area contributed by atoms with Crippen LogP contribution in [0.2, 0.25) is 0 Å². The van der Waals surface area contributed by atoms with Crippen LogP contribution in [0.15, 0.2) is 24.3 Å². The summed E-state index contributed by atoms with van der Waals surface area (Å²) >= 11 is 0. The predicted molar refractivity (Wildman–Crippen MR) is 46.9 cm³/mol. The fraction of sp³-hybridized carbons (Fsp3) is 0.250. The van der Waals surface area contributed by atoms with Crippen molar-refractivity contribution in [3.8, 4) is 0 Å². The number of rotatable bonds is 3. The van der Waals surface area contributed by atoms with Gasteiger partial charge in [-0.1, -0.05) is 12.1 Å². The van der Waals surface area contributed by atoms with Gasteiger partial charge in [0, 0.05) is 6.66 Å². The molecule has 1 rings (SSSR count). The van der Waals surface area contributed by atoms with E-state index < -0.39 is 7.60 Å². The Balaban J connectivity index is 2.60. The molecule has 13 heavy (non-hydrogen) atoms. The van der Waals surface area contributed by atoms with Crippen LogP contribution in [0.25, 0.3) is 0 Å². The third-order valence-electron chi connectivity index (χ3n) is 1.36. The molecule has 0 radical (unpaired) electrons. The highest BCUT2D eigenvalue weighted by molar-refractivity contribution is 7.51. The van der Waals surface area contributed by atoms with Crippen LogP contribution < -0.4 is 0 Å². The van der Waals surface area contributed by atoms with Crippen LogP contribution in [0.4, 0.5) is 4.39 Å². The van der Waals surface area contributed by atoms with E-state index in [1.807, 2.05) is 0 Å². The maximum Gasteiger partial charge on any atom is 0.325 e. The van der Waals surface area contributed by atoms with Gasteiger partial charge in [0.05, 0.1) is 6.61 Å². The normalized spacial score (nSPS) is 15.3. The molecule has 0 bridgehead atoms. The molecule has 5 heteroatoms. The molecule has 72 valence electrons. The molecule has 0 aliphatic rings. The fourth-order valence-electron chi connectivity index (χ4n) is 0.821. The van der Waals surface area contributed by atoms with Gasteiger partial charge in [-0.25, -0.2) is 4.39 Å². The molecule has 0 heterocycles. The van der Waals surface area contributed by atoms with Gasteiger partial charge in [0.25, 0.3) is 0 Å². The summed E-state index contributed by atoms with van der Waals surface area (Å²) in [5.74, 6) is -0.384. The summed E-state index contributed by atoms with van der Waals surface area (Å²) in [6.07, 6.45) is 0. The molecule has 0 spiro atoms. The summed E-state index contributed by atoms with van der Waals surface area (Å²) in [4.78, 5) is 8.79. The summed E-state index contributed by atoms with van der Waals surface area (Å²) in [6.45, 7) is 1.04. The van der Waals surface area contributed by atoms with E-state index >= 15 is 0 Å². The molecule has 0 saturated heterocycles. The van der Waals surface area contributed by atoms with Crippen molar-refractivity contribution < 1.29 is 18.4 Å². The number of hydrogen-bond donors (Lipinski definition) is 1. The van der Waals surface area contributed by atoms with Gasteiger partial charge in [0.15, 0.2) is 0 Å². The summed E-state index contributed by atoms with van der Waals surface area (Å²) in [7, 11) is -3.47. The first-order valence-corrected chi connectivity index (χ1v) is 5.69. The minimum absolute atomic E-state index is 0.0535. The van der Waals surface area contributed by atoms with Gasteiger partial charge in [-0.05, 0) is 17.7 Å². The highest BCUT2D eigenvalue weighted by Gasteiger charge is 2.09. The number of halogens is 1. The Hall–Kier alpha value is -0.700. The second-order valence-corrected chi connectivity index (χ2v) is 4.57. The van der Waals surface area contributed by atoms with Crippen LogP contribution in [0, 0.1) is 5.82 Å². The van der Waals surface area contributed by atoms with E-state index in [4.69, 9.17) is 4.89 Å². The van der Waals surface area contributed by atoms with Gasteiger partial charge in [0.2, 0.25) is 0 Å². The zero-order chi connectivity index (χ0) is 9.90. The van der Waals surface area contributed by atoms with Crippen molar-refractivity contribution in [2.45, 2.75) is 6.61 Å². The molecule has 1 aromatic carbocycles. The Labute approximate surface area is 75.7 Å². The minimum atomic E-state index is -3.47. The average molecular weight is 204 g/mol. The molecule has 0 aliphatic carbocycles. The van der Waals surface area contributed by atoms with Crippen molar-refractivity contribution in [2.24, 2.45) is 0 Å². The monoisotopic (exact) mass is 204 g/mol. The zero-order valence-corrected chi connectivity index (χ0v) is 8.00. The Morgan fingerprint density at radius 1 is 1.62 bits per heavy atom. The highest BCUT2D eigenvalue weighted by atomic mass is 31.2. The Kier molecular flexibility index (Phi) is 3.20. The van der Waals surface area contributed by atoms with Crippen LogP contribution >= 0.6 is 7.60 Å². The molecule has 1 atom stereocenters. The van der Waals surface area contributed by atoms with Gasteiger partial charge in [0.1, 0.15) is 5.82 Å². The largest absolute Gasteiger partial charge is 0.325 e. The Bertz CT molecular complexity index is 334. The molecule has 0 aromatic heterocycles. The first-order valence-electron chi connectivity index (χ1n) is 3.66. The maximum absolute atomic E-state index is 12.6. The molecule has 1 unspecified atom stereocenters. The smallest absolute Gasteiger partial charge is 0.324 e. The van der Waals surface area contributed by atoms with E-state index in [0.29, 0.717) is 5.56 Å². The lowest BCUT2D eigenvalue weighted by Gasteiger charge is -2.06. The van der Waals surface area contributed by atoms with E-state index in [0.717, 1.165) is 6.66 Å². The maximum atomic E-state index is 12.6. The van der Waals surface area contributed by atoms with Gasteiger partial charge < -0.3 is 9.42 Å². The zero-order valence-electron chi connectivity index (χ0n) is 7.11. The topological polar surface area (TPSA) is 46.5 Å². The standard InChI is InChI=1S/C8H10FO3P/c1-13(10,11)12-6-7-3-2-4-8(9)5-7/h2-5H,6H2,1H3,(H,10,11). The summed E-state index contributed by atoms with van der Waals surface area (Å²) in [5.41, 5.74) is 0.538. The second kappa shape index (κ2) is 4.01. The van der Waals surface area contributed by atoms with Crippen molar-refractivity contribution >= 4 is 7.60 Å². The third kappa shape index (κ3) is 4.18. The quantitative estimate of drug-likeness (QED) is 0.767. The van der Waals surface area contributed by atoms with E-state index in [1.54, 1.807) is 6.07 Å². The number of benzene rings is 1. The van der Waals surface area contributed by atoms with Gasteiger partial charge >= 0.3 is 7.60 Å². The first kappa shape index (κ1) is 10.4. The van der Waals surface area contributed by atoms with E-state index in [2.05, 4.69) is 4.52 Å². The van der Waals surface area contributed by atoms with Crippen LogP contribution in [0.1, 0.15) is 5.56 Å². The van der Waals surface area contributed by atoms with Crippen molar-refractivity contribution in [3.63, 3.8) is 0 Å². The van der Waals surface area contributed by atoms with Crippen LogP contribution in [0.5, 0.6) is 0 Å². The lowest BCUT2D eigenvalue weighted by Crippen LogP contribution is -1.90. The van der Waals surface area contributed by atoms with E-state index in [9.17, 15) is 8.96 Å². The molecule has 0 saturated carbocycles. The minimum Gasteiger partial charge on any atom is -0.324 e. The first-order chi connectivity index (χ1) is 5.97. The van der Waals surface area contributed by atoms with Gasteiger partial charge in [-0.3, -0.25) is 4.57 Å². The molecule has 0 fully saturated rings. The fourth-order valence-corrected chi connectivity index (χ4v) is 1.21. The summed E-state index contributed by atoms with van der Waals surface area (Å²) < 4.78 is 27.9. The molecule has 1 aromatic rings. The lowest BCUT2D eigenvalue weighted by atomic mass is 10.2.